The predicted octanol–water partition coefficient (Wildman–Crippen LogP) is 0.777. The van der Waals surface area contributed by atoms with Crippen LogP contribution in [-0.2, 0) is 14.3 Å². The van der Waals surface area contributed by atoms with Gasteiger partial charge in [-0.15, -0.1) is 0 Å². The molecule has 1 aromatic carbocycles. The number of esters is 1. The second kappa shape index (κ2) is 4.35. The summed E-state index contributed by atoms with van der Waals surface area (Å²) in [5, 5.41) is 10.2. The Bertz CT molecular complexity index is 515. The number of fused-ring (bicyclic) bond motifs is 1. The van der Waals surface area contributed by atoms with E-state index in [4.69, 9.17) is 4.74 Å². The molecule has 1 aliphatic carbocycles. The molecule has 100 valence electrons. The highest BCUT2D eigenvalue weighted by molar-refractivity contribution is 6.04. The molecule has 1 saturated heterocycles. The molecular weight excluding hydrogens is 246 g/mol. The number of carbonyl (C=O) groups is 2. The van der Waals surface area contributed by atoms with E-state index >= 15 is 0 Å². The van der Waals surface area contributed by atoms with Gasteiger partial charge in [0.2, 0.25) is 5.91 Å². The number of aliphatic hydroxyl groups excluding tert-OH is 1. The zero-order valence-electron chi connectivity index (χ0n) is 10.5. The zero-order chi connectivity index (χ0) is 13.6. The lowest BCUT2D eigenvalue weighted by atomic mass is 10.2. The molecule has 0 aromatic heterocycles. The maximum Gasteiger partial charge on any atom is 0.310 e. The summed E-state index contributed by atoms with van der Waals surface area (Å²) < 4.78 is 4.92. The Hall–Kier alpha value is -1.88. The van der Waals surface area contributed by atoms with Crippen molar-refractivity contribution in [3.8, 4) is 0 Å². The number of anilines is 1. The Morgan fingerprint density at radius 1 is 1.37 bits per heavy atom. The molecule has 5 heteroatoms. The molecule has 0 bridgehead atoms. The molecule has 1 aliphatic heterocycles. The van der Waals surface area contributed by atoms with Crippen molar-refractivity contribution in [1.29, 1.82) is 0 Å². The molecule has 0 spiro atoms. The number of hydrogen-bond donors (Lipinski definition) is 1. The van der Waals surface area contributed by atoms with E-state index in [1.54, 1.807) is 19.1 Å². The molecule has 3 rings (SSSR count). The third-order valence-electron chi connectivity index (χ3n) is 3.80. The number of para-hydroxylation sites is 1. The van der Waals surface area contributed by atoms with Crippen LogP contribution in [0.4, 0.5) is 5.69 Å². The standard InChI is InChI=1S/C14H15NO4/c1-2-19-14(18)11-9-10(11)13(17)15(12(9)16)8-6-4-3-5-7-8/h3-7,9-12,16H,2H2,1H3/t9-,10+,11+,12-/m0/s1. The lowest BCUT2D eigenvalue weighted by molar-refractivity contribution is -0.147. The van der Waals surface area contributed by atoms with Gasteiger partial charge in [-0.2, -0.15) is 0 Å². The first-order chi connectivity index (χ1) is 9.16. The Morgan fingerprint density at radius 2 is 2.05 bits per heavy atom. The number of nitrogens with zero attached hydrogens (tertiary/aromatic N) is 1. The van der Waals surface area contributed by atoms with Gasteiger partial charge in [0.15, 0.2) is 0 Å². The monoisotopic (exact) mass is 261 g/mol. The smallest absolute Gasteiger partial charge is 0.310 e. The van der Waals surface area contributed by atoms with E-state index in [1.807, 2.05) is 18.2 Å². The molecule has 19 heavy (non-hydrogen) atoms. The van der Waals surface area contributed by atoms with Crippen LogP contribution < -0.4 is 4.90 Å². The third kappa shape index (κ3) is 1.73. The number of ether oxygens (including phenoxy) is 1. The van der Waals surface area contributed by atoms with E-state index in [-0.39, 0.29) is 17.8 Å². The van der Waals surface area contributed by atoms with Crippen LogP contribution in [0.2, 0.25) is 0 Å². The number of benzene rings is 1. The first-order valence-corrected chi connectivity index (χ1v) is 6.39. The van der Waals surface area contributed by atoms with Crippen LogP contribution in [0, 0.1) is 17.8 Å². The van der Waals surface area contributed by atoms with Crippen LogP contribution in [0.25, 0.3) is 0 Å². The largest absolute Gasteiger partial charge is 0.466 e. The van der Waals surface area contributed by atoms with Gasteiger partial charge in [0.05, 0.1) is 18.4 Å². The normalized spacial score (nSPS) is 32.1. The Balaban J connectivity index is 1.79. The van der Waals surface area contributed by atoms with E-state index in [0.29, 0.717) is 12.3 Å². The number of aliphatic hydroxyl groups is 1. The average Bonchev–Trinajstić information content (AvgIpc) is 3.10. The van der Waals surface area contributed by atoms with Crippen LogP contribution in [-0.4, -0.2) is 29.8 Å². The van der Waals surface area contributed by atoms with Gasteiger partial charge in [0, 0.05) is 11.6 Å². The molecule has 2 aliphatic rings. The fraction of sp³-hybridized carbons (Fsp3) is 0.429. The zero-order valence-corrected chi connectivity index (χ0v) is 10.5. The summed E-state index contributed by atoms with van der Waals surface area (Å²) in [6, 6.07) is 9.00. The van der Waals surface area contributed by atoms with Crippen molar-refractivity contribution in [2.24, 2.45) is 17.8 Å². The van der Waals surface area contributed by atoms with Crippen molar-refractivity contribution in [2.45, 2.75) is 13.2 Å². The lowest BCUT2D eigenvalue weighted by Crippen LogP contribution is -2.39. The molecule has 5 nitrogen and oxygen atoms in total. The number of amides is 1. The SMILES string of the molecule is CCOC(=O)[C@H]1[C@@H]2C(=O)N(c3ccccc3)[C@@H](O)[C@H]12. The second-order valence-electron chi connectivity index (χ2n) is 4.84. The lowest BCUT2D eigenvalue weighted by Gasteiger charge is -2.24. The van der Waals surface area contributed by atoms with E-state index in [1.165, 1.54) is 4.90 Å². The quantitative estimate of drug-likeness (QED) is 0.816. The van der Waals surface area contributed by atoms with Crippen molar-refractivity contribution in [3.63, 3.8) is 0 Å². The number of carbonyl (C=O) groups excluding carboxylic acids is 2. The van der Waals surface area contributed by atoms with Gasteiger partial charge in [0.1, 0.15) is 6.23 Å². The average molecular weight is 261 g/mol. The summed E-state index contributed by atoms with van der Waals surface area (Å²) in [6.07, 6.45) is -0.936. The van der Waals surface area contributed by atoms with Crippen LogP contribution in [0.5, 0.6) is 0 Å². The molecule has 4 atom stereocenters. The third-order valence-corrected chi connectivity index (χ3v) is 3.80. The molecule has 1 amide bonds. The molecule has 0 unspecified atom stereocenters. The number of piperidine rings is 1. The highest BCUT2D eigenvalue weighted by atomic mass is 16.5. The van der Waals surface area contributed by atoms with Crippen molar-refractivity contribution in [3.05, 3.63) is 30.3 Å². The van der Waals surface area contributed by atoms with E-state index in [2.05, 4.69) is 0 Å². The minimum absolute atomic E-state index is 0.193. The number of hydrogen-bond acceptors (Lipinski definition) is 4. The molecular formula is C14H15NO4. The topological polar surface area (TPSA) is 66.8 Å². The summed E-state index contributed by atoms with van der Waals surface area (Å²) in [4.78, 5) is 25.3. The maximum absolute atomic E-state index is 12.2. The van der Waals surface area contributed by atoms with Crippen molar-refractivity contribution in [1.82, 2.24) is 0 Å². The van der Waals surface area contributed by atoms with Gasteiger partial charge < -0.3 is 9.84 Å². The fourth-order valence-electron chi connectivity index (χ4n) is 2.90. The second-order valence-corrected chi connectivity index (χ2v) is 4.84. The summed E-state index contributed by atoms with van der Waals surface area (Å²) in [7, 11) is 0. The summed E-state index contributed by atoms with van der Waals surface area (Å²) in [6.45, 7) is 2.02. The highest BCUT2D eigenvalue weighted by Crippen LogP contribution is 2.56. The van der Waals surface area contributed by atoms with Gasteiger partial charge >= 0.3 is 5.97 Å². The predicted molar refractivity (Wildman–Crippen MR) is 67.0 cm³/mol. The number of rotatable bonds is 3. The van der Waals surface area contributed by atoms with Crippen molar-refractivity contribution in [2.75, 3.05) is 11.5 Å². The summed E-state index contributed by atoms with van der Waals surface area (Å²) >= 11 is 0. The van der Waals surface area contributed by atoms with Gasteiger partial charge in [-0.05, 0) is 19.1 Å². The Kier molecular flexibility index (Phi) is 2.78. The first kappa shape index (κ1) is 12.2. The minimum atomic E-state index is -0.936. The van der Waals surface area contributed by atoms with Crippen molar-refractivity contribution >= 4 is 17.6 Å². The van der Waals surface area contributed by atoms with Gasteiger partial charge in [-0.3, -0.25) is 14.5 Å². The summed E-state index contributed by atoms with van der Waals surface area (Å²) in [5.41, 5.74) is 0.662. The Labute approximate surface area is 110 Å². The van der Waals surface area contributed by atoms with Gasteiger partial charge in [-0.25, -0.2) is 0 Å². The molecule has 2 fully saturated rings. The van der Waals surface area contributed by atoms with E-state index in [9.17, 15) is 14.7 Å². The summed E-state index contributed by atoms with van der Waals surface area (Å²) in [5.74, 6) is -1.79. The highest BCUT2D eigenvalue weighted by Gasteiger charge is 2.70. The minimum Gasteiger partial charge on any atom is -0.466 e. The van der Waals surface area contributed by atoms with Crippen LogP contribution in [0.1, 0.15) is 6.92 Å². The van der Waals surface area contributed by atoms with Crippen LogP contribution in [0.3, 0.4) is 0 Å². The van der Waals surface area contributed by atoms with Crippen molar-refractivity contribution < 1.29 is 19.4 Å². The molecule has 1 N–H and O–H groups in total. The molecule has 1 saturated carbocycles. The first-order valence-electron chi connectivity index (χ1n) is 6.39. The van der Waals surface area contributed by atoms with Crippen LogP contribution >= 0.6 is 0 Å². The van der Waals surface area contributed by atoms with E-state index in [0.717, 1.165) is 0 Å². The molecule has 1 heterocycles. The fourth-order valence-corrected chi connectivity index (χ4v) is 2.90. The van der Waals surface area contributed by atoms with Gasteiger partial charge in [-0.1, -0.05) is 18.2 Å². The van der Waals surface area contributed by atoms with Crippen LogP contribution in [0.15, 0.2) is 30.3 Å². The maximum atomic E-state index is 12.2. The van der Waals surface area contributed by atoms with E-state index < -0.39 is 18.1 Å². The molecule has 1 aromatic rings. The van der Waals surface area contributed by atoms with Gasteiger partial charge in [0.25, 0.3) is 0 Å². The Morgan fingerprint density at radius 3 is 2.58 bits per heavy atom. The molecule has 0 radical (unpaired) electrons.